The third-order valence-corrected chi connectivity index (χ3v) is 5.45. The van der Waals surface area contributed by atoms with E-state index >= 15 is 0 Å². The van der Waals surface area contributed by atoms with Crippen LogP contribution in [0, 0.1) is 0 Å². The average Bonchev–Trinajstić information content (AvgIpc) is 2.64. The highest BCUT2D eigenvalue weighted by molar-refractivity contribution is 7.92. The van der Waals surface area contributed by atoms with E-state index < -0.39 is 16.1 Å². The van der Waals surface area contributed by atoms with E-state index in [1.54, 1.807) is 55.5 Å². The number of amides is 1. The molecule has 27 heavy (non-hydrogen) atoms. The fourth-order valence-corrected chi connectivity index (χ4v) is 4.05. The van der Waals surface area contributed by atoms with E-state index in [0.29, 0.717) is 22.9 Å². The molecule has 2 aromatic rings. The second-order valence-corrected chi connectivity index (χ2v) is 8.32. The zero-order chi connectivity index (χ0) is 20.0. The van der Waals surface area contributed by atoms with E-state index in [0.717, 1.165) is 16.1 Å². The summed E-state index contributed by atoms with van der Waals surface area (Å²) in [6, 6.07) is 12.8. The first-order chi connectivity index (χ1) is 12.8. The van der Waals surface area contributed by atoms with Gasteiger partial charge in [-0.15, -0.1) is 0 Å². The molecule has 1 atom stereocenters. The highest BCUT2D eigenvalue weighted by Gasteiger charge is 2.31. The van der Waals surface area contributed by atoms with Crippen molar-refractivity contribution in [1.82, 2.24) is 5.32 Å². The SMILES string of the molecule is CC[C@H](C(=O)NCc1ccc(Cl)cc1)N(c1cccc(OC)c1)S(C)(=O)=O. The molecule has 0 radical (unpaired) electrons. The number of rotatable bonds is 8. The molecule has 1 N–H and O–H groups in total. The molecule has 0 aromatic heterocycles. The van der Waals surface area contributed by atoms with Gasteiger partial charge < -0.3 is 10.1 Å². The summed E-state index contributed by atoms with van der Waals surface area (Å²) in [5, 5.41) is 3.41. The smallest absolute Gasteiger partial charge is 0.244 e. The average molecular weight is 411 g/mol. The molecule has 6 nitrogen and oxygen atoms in total. The van der Waals surface area contributed by atoms with Crippen LogP contribution in [0.2, 0.25) is 5.02 Å². The fraction of sp³-hybridized carbons (Fsp3) is 0.316. The van der Waals surface area contributed by atoms with Gasteiger partial charge in [-0.2, -0.15) is 0 Å². The molecular formula is C19H23ClN2O4S. The maximum absolute atomic E-state index is 12.8. The molecule has 0 heterocycles. The Hall–Kier alpha value is -2.25. The summed E-state index contributed by atoms with van der Waals surface area (Å²) in [4.78, 5) is 12.8. The molecule has 146 valence electrons. The molecule has 0 saturated carbocycles. The van der Waals surface area contributed by atoms with Crippen LogP contribution in [0.1, 0.15) is 18.9 Å². The maximum atomic E-state index is 12.8. The number of halogens is 1. The summed E-state index contributed by atoms with van der Waals surface area (Å²) in [6.45, 7) is 2.05. The fourth-order valence-electron chi connectivity index (χ4n) is 2.72. The molecular weight excluding hydrogens is 388 g/mol. The number of ether oxygens (including phenoxy) is 1. The van der Waals surface area contributed by atoms with Crippen molar-refractivity contribution in [2.24, 2.45) is 0 Å². The summed E-state index contributed by atoms with van der Waals surface area (Å²) in [6.07, 6.45) is 1.40. The Morgan fingerprint density at radius 1 is 1.22 bits per heavy atom. The van der Waals surface area contributed by atoms with Crippen LogP contribution >= 0.6 is 11.6 Å². The number of hydrogen-bond donors (Lipinski definition) is 1. The Labute approximate surface area is 165 Å². The molecule has 0 unspecified atom stereocenters. The Morgan fingerprint density at radius 3 is 2.44 bits per heavy atom. The van der Waals surface area contributed by atoms with Gasteiger partial charge in [0.1, 0.15) is 11.8 Å². The molecule has 0 bridgehead atoms. The van der Waals surface area contributed by atoms with E-state index in [1.165, 1.54) is 7.11 Å². The minimum atomic E-state index is -3.69. The van der Waals surface area contributed by atoms with Gasteiger partial charge in [0.25, 0.3) is 0 Å². The summed E-state index contributed by atoms with van der Waals surface area (Å²) in [5.74, 6) is 0.137. The van der Waals surface area contributed by atoms with Crippen LogP contribution in [0.5, 0.6) is 5.75 Å². The predicted octanol–water partition coefficient (Wildman–Crippen LogP) is 3.21. The standard InChI is InChI=1S/C19H23ClN2O4S/c1-4-18(19(23)21-13-14-8-10-15(20)11-9-14)22(27(3,24)25)16-6-5-7-17(12-16)26-2/h5-12,18H,4,13H2,1-3H3,(H,21,23)/t18-/m1/s1. The molecule has 1 amide bonds. The second-order valence-electron chi connectivity index (χ2n) is 6.03. The lowest BCUT2D eigenvalue weighted by Gasteiger charge is -2.30. The van der Waals surface area contributed by atoms with Crippen LogP contribution < -0.4 is 14.4 Å². The van der Waals surface area contributed by atoms with Gasteiger partial charge in [0, 0.05) is 17.6 Å². The quantitative estimate of drug-likeness (QED) is 0.725. The van der Waals surface area contributed by atoms with Crippen molar-refractivity contribution in [3.63, 3.8) is 0 Å². The van der Waals surface area contributed by atoms with E-state index in [4.69, 9.17) is 16.3 Å². The first-order valence-corrected chi connectivity index (χ1v) is 10.6. The number of carbonyl (C=O) groups excluding carboxylic acids is 1. The van der Waals surface area contributed by atoms with Crippen molar-refractivity contribution in [1.29, 1.82) is 0 Å². The predicted molar refractivity (Wildman–Crippen MR) is 108 cm³/mol. The molecule has 0 aliphatic rings. The second kappa shape index (κ2) is 9.10. The number of hydrogen-bond acceptors (Lipinski definition) is 4. The lowest BCUT2D eigenvalue weighted by Crippen LogP contribution is -2.49. The van der Waals surface area contributed by atoms with Crippen molar-refractivity contribution < 1.29 is 17.9 Å². The number of anilines is 1. The normalized spacial score (nSPS) is 12.3. The van der Waals surface area contributed by atoms with Crippen molar-refractivity contribution in [3.05, 3.63) is 59.1 Å². The van der Waals surface area contributed by atoms with Crippen molar-refractivity contribution in [2.75, 3.05) is 17.7 Å². The Balaban J connectivity index is 2.25. The van der Waals surface area contributed by atoms with Crippen LogP contribution in [-0.4, -0.2) is 33.7 Å². The number of benzene rings is 2. The topological polar surface area (TPSA) is 75.7 Å². The highest BCUT2D eigenvalue weighted by Crippen LogP contribution is 2.26. The lowest BCUT2D eigenvalue weighted by molar-refractivity contribution is -0.122. The molecule has 2 rings (SSSR count). The highest BCUT2D eigenvalue weighted by atomic mass is 35.5. The summed E-state index contributed by atoms with van der Waals surface area (Å²) >= 11 is 5.86. The van der Waals surface area contributed by atoms with Crippen LogP contribution in [0.25, 0.3) is 0 Å². The van der Waals surface area contributed by atoms with Gasteiger partial charge in [-0.25, -0.2) is 8.42 Å². The Morgan fingerprint density at radius 2 is 1.89 bits per heavy atom. The molecule has 0 saturated heterocycles. The van der Waals surface area contributed by atoms with E-state index in [9.17, 15) is 13.2 Å². The summed E-state index contributed by atoms with van der Waals surface area (Å²) in [5.41, 5.74) is 1.25. The molecule has 0 aliphatic carbocycles. The number of nitrogens with zero attached hydrogens (tertiary/aromatic N) is 1. The Kier molecular flexibility index (Phi) is 7.10. The number of sulfonamides is 1. The third-order valence-electron chi connectivity index (χ3n) is 4.02. The molecule has 0 spiro atoms. The zero-order valence-electron chi connectivity index (χ0n) is 15.5. The molecule has 8 heteroatoms. The number of methoxy groups -OCH3 is 1. The van der Waals surface area contributed by atoms with Gasteiger partial charge in [0.2, 0.25) is 15.9 Å². The van der Waals surface area contributed by atoms with Gasteiger partial charge in [-0.05, 0) is 36.2 Å². The van der Waals surface area contributed by atoms with Gasteiger partial charge in [0.15, 0.2) is 0 Å². The Bertz CT molecular complexity index is 885. The van der Waals surface area contributed by atoms with Gasteiger partial charge in [0.05, 0.1) is 19.1 Å². The number of nitrogens with one attached hydrogen (secondary N) is 1. The largest absolute Gasteiger partial charge is 0.497 e. The van der Waals surface area contributed by atoms with Crippen molar-refractivity contribution >= 4 is 33.2 Å². The summed E-state index contributed by atoms with van der Waals surface area (Å²) in [7, 11) is -2.19. The van der Waals surface area contributed by atoms with Crippen LogP contribution in [0.3, 0.4) is 0 Å². The minimum Gasteiger partial charge on any atom is -0.497 e. The van der Waals surface area contributed by atoms with E-state index in [-0.39, 0.29) is 12.5 Å². The molecule has 0 aliphatic heterocycles. The minimum absolute atomic E-state index is 0.280. The third kappa shape index (κ3) is 5.61. The van der Waals surface area contributed by atoms with E-state index in [1.807, 2.05) is 0 Å². The zero-order valence-corrected chi connectivity index (χ0v) is 17.0. The molecule has 2 aromatic carbocycles. The first kappa shape index (κ1) is 21.1. The van der Waals surface area contributed by atoms with Crippen molar-refractivity contribution in [2.45, 2.75) is 25.9 Å². The maximum Gasteiger partial charge on any atom is 0.244 e. The van der Waals surface area contributed by atoms with Gasteiger partial charge in [-0.3, -0.25) is 9.10 Å². The van der Waals surface area contributed by atoms with Crippen LogP contribution in [-0.2, 0) is 21.4 Å². The lowest BCUT2D eigenvalue weighted by atomic mass is 10.1. The van der Waals surface area contributed by atoms with Gasteiger partial charge >= 0.3 is 0 Å². The number of carbonyl (C=O) groups is 1. The van der Waals surface area contributed by atoms with Crippen LogP contribution in [0.15, 0.2) is 48.5 Å². The van der Waals surface area contributed by atoms with E-state index in [2.05, 4.69) is 5.32 Å². The monoisotopic (exact) mass is 410 g/mol. The van der Waals surface area contributed by atoms with Gasteiger partial charge in [-0.1, -0.05) is 36.7 Å². The summed E-state index contributed by atoms with van der Waals surface area (Å²) < 4.78 is 31.2. The van der Waals surface area contributed by atoms with Crippen LogP contribution in [0.4, 0.5) is 5.69 Å². The first-order valence-electron chi connectivity index (χ1n) is 8.42. The molecule has 0 fully saturated rings. The van der Waals surface area contributed by atoms with Crippen molar-refractivity contribution in [3.8, 4) is 5.75 Å².